The Kier molecular flexibility index (Phi) is 2.62. The Hall–Kier alpha value is -1.88. The average molecular weight is 221 g/mol. The molecule has 84 valence electrons. The van der Waals surface area contributed by atoms with E-state index in [9.17, 15) is 14.7 Å². The van der Waals surface area contributed by atoms with Crippen molar-refractivity contribution in [2.24, 2.45) is 0 Å². The van der Waals surface area contributed by atoms with Gasteiger partial charge in [0.25, 0.3) is 11.8 Å². The fraction of sp³-hybridized carbons (Fsp3) is 0.273. The molecule has 5 heteroatoms. The number of methoxy groups -OCH3 is 1. The second-order valence-electron chi connectivity index (χ2n) is 3.45. The van der Waals surface area contributed by atoms with Gasteiger partial charge in [-0.15, -0.1) is 0 Å². The normalized spacial score (nSPS) is 14.4. The minimum atomic E-state index is -0.463. The number of nitrogens with zero attached hydrogens (tertiary/aromatic N) is 1. The van der Waals surface area contributed by atoms with Gasteiger partial charge in [-0.2, -0.15) is 0 Å². The van der Waals surface area contributed by atoms with Crippen LogP contribution in [0.1, 0.15) is 20.7 Å². The van der Waals surface area contributed by atoms with Gasteiger partial charge >= 0.3 is 0 Å². The Morgan fingerprint density at radius 3 is 2.69 bits per heavy atom. The van der Waals surface area contributed by atoms with Gasteiger partial charge in [-0.3, -0.25) is 14.5 Å². The number of carbonyl (C=O) groups excluding carboxylic acids is 2. The van der Waals surface area contributed by atoms with E-state index in [2.05, 4.69) is 0 Å². The number of fused-ring (bicyclic) bond motifs is 1. The lowest BCUT2D eigenvalue weighted by Crippen LogP contribution is -2.32. The van der Waals surface area contributed by atoms with Crippen LogP contribution in [0.3, 0.4) is 0 Å². The van der Waals surface area contributed by atoms with Gasteiger partial charge < -0.3 is 9.84 Å². The molecule has 0 fully saturated rings. The van der Waals surface area contributed by atoms with Crippen molar-refractivity contribution in [3.05, 3.63) is 29.3 Å². The molecular formula is C11H11NO4. The third-order valence-electron chi connectivity index (χ3n) is 2.50. The van der Waals surface area contributed by atoms with E-state index in [-0.39, 0.29) is 35.9 Å². The molecule has 0 bridgehead atoms. The van der Waals surface area contributed by atoms with Gasteiger partial charge in [0.15, 0.2) is 0 Å². The molecule has 0 aliphatic carbocycles. The number of aromatic hydroxyl groups is 1. The van der Waals surface area contributed by atoms with E-state index in [0.29, 0.717) is 0 Å². The molecule has 0 atom stereocenters. The molecule has 16 heavy (non-hydrogen) atoms. The van der Waals surface area contributed by atoms with Crippen LogP contribution in [0.5, 0.6) is 5.75 Å². The first-order valence-corrected chi connectivity index (χ1v) is 4.84. The van der Waals surface area contributed by atoms with E-state index in [1.807, 2.05) is 0 Å². The maximum absolute atomic E-state index is 11.8. The fourth-order valence-corrected chi connectivity index (χ4v) is 1.70. The van der Waals surface area contributed by atoms with Crippen molar-refractivity contribution in [2.45, 2.75) is 0 Å². The Morgan fingerprint density at radius 1 is 1.31 bits per heavy atom. The first kappa shape index (κ1) is 10.6. The van der Waals surface area contributed by atoms with E-state index in [0.717, 1.165) is 4.90 Å². The third-order valence-corrected chi connectivity index (χ3v) is 2.50. The Labute approximate surface area is 92.2 Å². The number of phenolic OH excluding ortho intramolecular Hbond substituents is 1. The maximum atomic E-state index is 11.8. The summed E-state index contributed by atoms with van der Waals surface area (Å²) in [6.07, 6.45) is 0. The van der Waals surface area contributed by atoms with Crippen molar-refractivity contribution < 1.29 is 19.4 Å². The second-order valence-corrected chi connectivity index (χ2v) is 3.45. The quantitative estimate of drug-likeness (QED) is 0.760. The first-order chi connectivity index (χ1) is 7.66. The molecule has 0 saturated heterocycles. The Morgan fingerprint density at radius 2 is 2.06 bits per heavy atom. The highest BCUT2D eigenvalue weighted by atomic mass is 16.5. The summed E-state index contributed by atoms with van der Waals surface area (Å²) in [5.74, 6) is -1.00. The van der Waals surface area contributed by atoms with E-state index < -0.39 is 5.91 Å². The van der Waals surface area contributed by atoms with Crippen molar-refractivity contribution >= 4 is 11.8 Å². The highest BCUT2D eigenvalue weighted by Gasteiger charge is 2.37. The van der Waals surface area contributed by atoms with E-state index in [4.69, 9.17) is 4.74 Å². The van der Waals surface area contributed by atoms with Crippen molar-refractivity contribution in [3.8, 4) is 5.75 Å². The minimum Gasteiger partial charge on any atom is -0.507 e. The molecule has 0 radical (unpaired) electrons. The number of hydrogen-bond donors (Lipinski definition) is 1. The minimum absolute atomic E-state index is 0.0867. The molecule has 1 aromatic rings. The summed E-state index contributed by atoms with van der Waals surface area (Å²) in [6, 6.07) is 4.46. The highest BCUT2D eigenvalue weighted by molar-refractivity contribution is 6.22. The van der Waals surface area contributed by atoms with Crippen molar-refractivity contribution in [2.75, 3.05) is 20.3 Å². The van der Waals surface area contributed by atoms with Crippen LogP contribution in [0.15, 0.2) is 18.2 Å². The SMILES string of the molecule is COCCN1C(=O)c2cccc(O)c2C1=O. The summed E-state index contributed by atoms with van der Waals surface area (Å²) >= 11 is 0. The van der Waals surface area contributed by atoms with Crippen LogP contribution in [0.25, 0.3) is 0 Å². The van der Waals surface area contributed by atoms with Gasteiger partial charge in [0.2, 0.25) is 0 Å². The van der Waals surface area contributed by atoms with Crippen molar-refractivity contribution in [1.29, 1.82) is 0 Å². The number of imide groups is 1. The number of benzene rings is 1. The summed E-state index contributed by atoms with van der Waals surface area (Å²) in [5.41, 5.74) is 0.338. The van der Waals surface area contributed by atoms with Crippen LogP contribution in [-0.2, 0) is 4.74 Å². The van der Waals surface area contributed by atoms with Gasteiger partial charge in [0.05, 0.1) is 24.3 Å². The van der Waals surface area contributed by atoms with Crippen molar-refractivity contribution in [1.82, 2.24) is 4.90 Å². The number of ether oxygens (including phenoxy) is 1. The number of hydrogen-bond acceptors (Lipinski definition) is 4. The zero-order valence-electron chi connectivity index (χ0n) is 8.77. The van der Waals surface area contributed by atoms with Crippen LogP contribution in [0.4, 0.5) is 0 Å². The van der Waals surface area contributed by atoms with Gasteiger partial charge in [0, 0.05) is 7.11 Å². The molecule has 2 rings (SSSR count). The molecule has 0 saturated carbocycles. The molecule has 1 N–H and O–H groups in total. The summed E-state index contributed by atoms with van der Waals surface area (Å²) in [7, 11) is 1.50. The molecular weight excluding hydrogens is 210 g/mol. The van der Waals surface area contributed by atoms with E-state index in [1.54, 1.807) is 6.07 Å². The topological polar surface area (TPSA) is 66.8 Å². The van der Waals surface area contributed by atoms with Gasteiger partial charge in [-0.05, 0) is 12.1 Å². The molecule has 1 aliphatic rings. The molecule has 1 aromatic carbocycles. The predicted molar refractivity (Wildman–Crippen MR) is 55.3 cm³/mol. The van der Waals surface area contributed by atoms with Crippen LogP contribution in [-0.4, -0.2) is 42.1 Å². The lowest BCUT2D eigenvalue weighted by atomic mass is 10.1. The standard InChI is InChI=1S/C11H11NO4/c1-16-6-5-12-10(14)7-3-2-4-8(13)9(7)11(12)15/h2-4,13H,5-6H2,1H3. The summed E-state index contributed by atoms with van der Waals surface area (Å²) in [5, 5.41) is 9.53. The summed E-state index contributed by atoms with van der Waals surface area (Å²) in [6.45, 7) is 0.481. The number of carbonyl (C=O) groups is 2. The summed E-state index contributed by atoms with van der Waals surface area (Å²) < 4.78 is 4.82. The van der Waals surface area contributed by atoms with Crippen LogP contribution >= 0.6 is 0 Å². The summed E-state index contributed by atoms with van der Waals surface area (Å²) in [4.78, 5) is 24.7. The number of amides is 2. The second kappa shape index (κ2) is 3.94. The number of rotatable bonds is 3. The predicted octanol–water partition coefficient (Wildman–Crippen LogP) is 0.635. The van der Waals surface area contributed by atoms with Gasteiger partial charge in [-0.25, -0.2) is 0 Å². The lowest BCUT2D eigenvalue weighted by Gasteiger charge is -2.12. The highest BCUT2D eigenvalue weighted by Crippen LogP contribution is 2.29. The molecule has 0 unspecified atom stereocenters. The van der Waals surface area contributed by atoms with Crippen LogP contribution < -0.4 is 0 Å². The molecule has 0 spiro atoms. The average Bonchev–Trinajstić information content (AvgIpc) is 2.51. The molecule has 0 aromatic heterocycles. The smallest absolute Gasteiger partial charge is 0.265 e. The van der Waals surface area contributed by atoms with Gasteiger partial charge in [-0.1, -0.05) is 6.07 Å². The first-order valence-electron chi connectivity index (χ1n) is 4.84. The zero-order valence-corrected chi connectivity index (χ0v) is 8.77. The zero-order chi connectivity index (χ0) is 11.7. The number of phenols is 1. The molecule has 2 amide bonds. The molecule has 1 heterocycles. The largest absolute Gasteiger partial charge is 0.507 e. The van der Waals surface area contributed by atoms with Crippen molar-refractivity contribution in [3.63, 3.8) is 0 Å². The van der Waals surface area contributed by atoms with E-state index in [1.165, 1.54) is 19.2 Å². The monoisotopic (exact) mass is 221 g/mol. The van der Waals surface area contributed by atoms with Crippen LogP contribution in [0, 0.1) is 0 Å². The molecule has 5 nitrogen and oxygen atoms in total. The van der Waals surface area contributed by atoms with Gasteiger partial charge in [0.1, 0.15) is 5.75 Å². The third kappa shape index (κ3) is 1.45. The lowest BCUT2D eigenvalue weighted by molar-refractivity contribution is 0.0602. The Balaban J connectivity index is 2.37. The van der Waals surface area contributed by atoms with E-state index >= 15 is 0 Å². The fourth-order valence-electron chi connectivity index (χ4n) is 1.70. The van der Waals surface area contributed by atoms with Crippen LogP contribution in [0.2, 0.25) is 0 Å². The maximum Gasteiger partial charge on any atom is 0.265 e. The Bertz CT molecular complexity index is 455. The molecule has 1 aliphatic heterocycles.